The van der Waals surface area contributed by atoms with E-state index < -0.39 is 5.97 Å². The molecule has 0 aliphatic carbocycles. The number of benzene rings is 1. The molecule has 0 unspecified atom stereocenters. The second kappa shape index (κ2) is 9.32. The summed E-state index contributed by atoms with van der Waals surface area (Å²) in [4.78, 5) is 11.8. The fourth-order valence-corrected chi connectivity index (χ4v) is 1.76. The molecule has 0 fully saturated rings. The Kier molecular flexibility index (Phi) is 9.47. The first-order valence-electron chi connectivity index (χ1n) is 3.80. The van der Waals surface area contributed by atoms with Gasteiger partial charge in [-0.05, 0) is 24.3 Å². The Morgan fingerprint density at radius 1 is 1.31 bits per heavy atom. The van der Waals surface area contributed by atoms with E-state index in [1.165, 1.54) is 11.8 Å². The van der Waals surface area contributed by atoms with Gasteiger partial charge in [-0.3, -0.25) is 9.83 Å². The van der Waals surface area contributed by atoms with Gasteiger partial charge in [-0.15, -0.1) is 11.8 Å². The van der Waals surface area contributed by atoms with Crippen molar-refractivity contribution in [1.29, 1.82) is 0 Å². The monoisotopic (exact) mass is 270 g/mol. The molecule has 0 aliphatic rings. The van der Waals surface area contributed by atoms with Crippen molar-refractivity contribution in [2.45, 2.75) is 9.79 Å². The molecular weight excluding hydrogens is 263 g/mol. The number of hydrogen-bond donors (Lipinski definition) is 1. The number of carbonyl (C=O) groups is 1. The van der Waals surface area contributed by atoms with Crippen LogP contribution in [0.15, 0.2) is 34.1 Å². The molecule has 0 heterocycles. The predicted octanol–water partition coefficient (Wildman–Crippen LogP) is -1.90. The fraction of sp³-hybridized carbons (Fsp3) is 0.125. The van der Waals surface area contributed by atoms with Crippen LogP contribution in [0.2, 0.25) is 0 Å². The summed E-state index contributed by atoms with van der Waals surface area (Å²) in [5.41, 5.74) is 0. The second-order valence-electron chi connectivity index (χ2n) is 2.37. The van der Waals surface area contributed by atoms with E-state index in [1.807, 2.05) is 0 Å². The average Bonchev–Trinajstić information content (AvgIpc) is 2.25. The maximum Gasteiger partial charge on any atom is 1.00 e. The first-order valence-corrected chi connectivity index (χ1v) is 5.53. The van der Waals surface area contributed by atoms with Crippen LogP contribution in [0.25, 0.3) is 0 Å². The van der Waals surface area contributed by atoms with Crippen LogP contribution in [0.1, 0.15) is 0 Å². The molecule has 0 saturated carbocycles. The molecule has 0 radical (unpaired) electrons. The standard InChI is InChI=1S/C8H8O5S2.Na/c9-8(10)5-14-6-1-3-7(4-2-6)15-13-12-11;/h1-4,11H,5H2,(H,9,10);/q;+1/p-1. The summed E-state index contributed by atoms with van der Waals surface area (Å²) in [6.45, 7) is 0. The minimum absolute atomic E-state index is 0. The summed E-state index contributed by atoms with van der Waals surface area (Å²) in [6.07, 6.45) is 0. The van der Waals surface area contributed by atoms with Crippen molar-refractivity contribution in [2.24, 2.45) is 0 Å². The van der Waals surface area contributed by atoms with Gasteiger partial charge in [0.1, 0.15) is 0 Å². The molecule has 82 valence electrons. The van der Waals surface area contributed by atoms with Crippen molar-refractivity contribution in [2.75, 3.05) is 5.75 Å². The third-order valence-corrected chi connectivity index (χ3v) is 2.93. The minimum Gasteiger partial charge on any atom is -0.691 e. The van der Waals surface area contributed by atoms with Crippen LogP contribution in [-0.2, 0) is 14.2 Å². The van der Waals surface area contributed by atoms with Crippen LogP contribution in [0.3, 0.4) is 0 Å². The summed E-state index contributed by atoms with van der Waals surface area (Å²) < 4.78 is 4.12. The van der Waals surface area contributed by atoms with Crippen LogP contribution in [0.4, 0.5) is 0 Å². The van der Waals surface area contributed by atoms with Crippen molar-refractivity contribution in [1.82, 2.24) is 0 Å². The van der Waals surface area contributed by atoms with Crippen LogP contribution in [-0.4, -0.2) is 16.8 Å². The molecule has 5 nitrogen and oxygen atoms in total. The van der Waals surface area contributed by atoms with Crippen molar-refractivity contribution >= 4 is 29.8 Å². The van der Waals surface area contributed by atoms with Crippen LogP contribution in [0.5, 0.6) is 0 Å². The van der Waals surface area contributed by atoms with Crippen molar-refractivity contribution in [3.63, 3.8) is 0 Å². The van der Waals surface area contributed by atoms with E-state index in [1.54, 1.807) is 24.3 Å². The van der Waals surface area contributed by atoms with E-state index in [0.29, 0.717) is 4.90 Å². The summed E-state index contributed by atoms with van der Waals surface area (Å²) >= 11 is 2.01. The molecule has 1 rings (SSSR count). The summed E-state index contributed by atoms with van der Waals surface area (Å²) in [6, 6.07) is 6.88. The molecule has 0 amide bonds. The Balaban J connectivity index is 0.00000225. The van der Waals surface area contributed by atoms with E-state index in [-0.39, 0.29) is 35.3 Å². The zero-order valence-corrected chi connectivity index (χ0v) is 12.0. The SMILES string of the molecule is O=C(O)CSc1ccc(SOO[O-])cc1.[Na+]. The van der Waals surface area contributed by atoms with Crippen LogP contribution < -0.4 is 34.8 Å². The van der Waals surface area contributed by atoms with Gasteiger partial charge in [-0.2, -0.15) is 4.33 Å². The Hall–Kier alpha value is 0.270. The Bertz CT molecular complexity index is 319. The van der Waals surface area contributed by atoms with E-state index >= 15 is 0 Å². The van der Waals surface area contributed by atoms with Gasteiger partial charge >= 0.3 is 35.5 Å². The van der Waals surface area contributed by atoms with Gasteiger partial charge in [-0.25, -0.2) is 0 Å². The molecule has 0 spiro atoms. The molecular formula is C8H7NaO5S2. The fourth-order valence-electron chi connectivity index (χ4n) is 0.790. The zero-order valence-electron chi connectivity index (χ0n) is 8.41. The summed E-state index contributed by atoms with van der Waals surface area (Å²) in [7, 11) is 0. The van der Waals surface area contributed by atoms with Gasteiger partial charge in [0.25, 0.3) is 0 Å². The van der Waals surface area contributed by atoms with Gasteiger partial charge < -0.3 is 10.4 Å². The number of rotatable bonds is 6. The second-order valence-corrected chi connectivity index (χ2v) is 4.20. The predicted molar refractivity (Wildman–Crippen MR) is 52.8 cm³/mol. The van der Waals surface area contributed by atoms with E-state index in [2.05, 4.69) is 9.37 Å². The Morgan fingerprint density at radius 3 is 2.38 bits per heavy atom. The Labute approximate surface area is 123 Å². The van der Waals surface area contributed by atoms with Crippen molar-refractivity contribution in [3.8, 4) is 0 Å². The van der Waals surface area contributed by atoms with E-state index in [0.717, 1.165) is 16.9 Å². The molecule has 0 bridgehead atoms. The molecule has 0 atom stereocenters. The molecule has 0 aliphatic heterocycles. The van der Waals surface area contributed by atoms with Gasteiger partial charge in [0, 0.05) is 9.79 Å². The Morgan fingerprint density at radius 2 is 1.88 bits per heavy atom. The van der Waals surface area contributed by atoms with Crippen molar-refractivity contribution < 1.29 is 54.1 Å². The van der Waals surface area contributed by atoms with Crippen LogP contribution in [0, 0.1) is 0 Å². The number of carboxylic acids is 1. The summed E-state index contributed by atoms with van der Waals surface area (Å²) in [5, 5.41) is 21.2. The number of thioether (sulfide) groups is 1. The summed E-state index contributed by atoms with van der Waals surface area (Å²) in [5.74, 6) is -0.839. The molecule has 8 heteroatoms. The molecule has 1 aromatic rings. The number of aliphatic carboxylic acids is 1. The quantitative estimate of drug-likeness (QED) is 0.213. The van der Waals surface area contributed by atoms with Gasteiger partial charge in [0.15, 0.2) is 0 Å². The van der Waals surface area contributed by atoms with E-state index in [4.69, 9.17) is 5.11 Å². The molecule has 1 N–H and O–H groups in total. The molecule has 0 saturated heterocycles. The first kappa shape index (κ1) is 16.3. The largest absolute Gasteiger partial charge is 1.00 e. The molecule has 0 aromatic heterocycles. The average molecular weight is 270 g/mol. The maximum absolute atomic E-state index is 10.3. The maximum atomic E-state index is 10.3. The normalized spacial score (nSPS) is 9.56. The van der Waals surface area contributed by atoms with Gasteiger partial charge in [0.05, 0.1) is 17.8 Å². The third kappa shape index (κ3) is 6.77. The zero-order chi connectivity index (χ0) is 11.1. The number of hydrogen-bond acceptors (Lipinski definition) is 6. The first-order chi connectivity index (χ1) is 7.22. The van der Waals surface area contributed by atoms with Crippen molar-refractivity contribution in [3.05, 3.63) is 24.3 Å². The van der Waals surface area contributed by atoms with Gasteiger partial charge in [-0.1, -0.05) is 0 Å². The smallest absolute Gasteiger partial charge is 0.691 e. The van der Waals surface area contributed by atoms with Crippen LogP contribution >= 0.6 is 23.8 Å². The molecule has 16 heavy (non-hydrogen) atoms. The minimum atomic E-state index is -0.860. The van der Waals surface area contributed by atoms with E-state index in [9.17, 15) is 10.1 Å². The van der Waals surface area contributed by atoms with Gasteiger partial charge in [0.2, 0.25) is 0 Å². The molecule has 1 aromatic carbocycles. The number of carboxylic acid groups (broad SMARTS) is 1. The third-order valence-electron chi connectivity index (χ3n) is 1.34. The topological polar surface area (TPSA) is 78.8 Å².